The number of aromatic nitrogens is 2. The van der Waals surface area contributed by atoms with Gasteiger partial charge in [-0.2, -0.15) is 5.10 Å². The summed E-state index contributed by atoms with van der Waals surface area (Å²) in [6, 6.07) is 15.1. The fraction of sp³-hybridized carbons (Fsp3) is 0.261. The van der Waals surface area contributed by atoms with Crippen LogP contribution in [-0.2, 0) is 20.7 Å². The highest BCUT2D eigenvalue weighted by Gasteiger charge is 2.16. The maximum atomic E-state index is 12.7. The smallest absolute Gasteiger partial charge is 0.343 e. The van der Waals surface area contributed by atoms with Gasteiger partial charge < -0.3 is 14.8 Å². The van der Waals surface area contributed by atoms with E-state index in [0.29, 0.717) is 11.4 Å². The first-order valence-corrected chi connectivity index (χ1v) is 9.59. The molecule has 0 saturated heterocycles. The first kappa shape index (κ1) is 21.1. The zero-order valence-corrected chi connectivity index (χ0v) is 17.6. The second-order valence-electron chi connectivity index (χ2n) is 6.96. The molecule has 0 aliphatic rings. The summed E-state index contributed by atoms with van der Waals surface area (Å²) in [4.78, 5) is 23.9. The molecule has 156 valence electrons. The predicted molar refractivity (Wildman–Crippen MR) is 114 cm³/mol. The number of methoxy groups -OCH3 is 1. The van der Waals surface area contributed by atoms with Crippen LogP contribution in [0.3, 0.4) is 0 Å². The predicted octanol–water partition coefficient (Wildman–Crippen LogP) is 3.53. The molecule has 0 bridgehead atoms. The third kappa shape index (κ3) is 4.86. The third-order valence-corrected chi connectivity index (χ3v) is 4.84. The lowest BCUT2D eigenvalue weighted by Crippen LogP contribution is -2.16. The topological polar surface area (TPSA) is 82.4 Å². The molecular weight excluding hydrogens is 382 g/mol. The number of esters is 1. The molecule has 0 saturated carbocycles. The van der Waals surface area contributed by atoms with Crippen LogP contribution in [0.5, 0.6) is 5.75 Å². The molecule has 0 unspecified atom stereocenters. The fourth-order valence-corrected chi connectivity index (χ4v) is 3.17. The van der Waals surface area contributed by atoms with E-state index in [1.807, 2.05) is 55.8 Å². The maximum absolute atomic E-state index is 12.7. The minimum atomic E-state index is -0.452. The fourth-order valence-electron chi connectivity index (χ4n) is 3.17. The molecule has 2 aromatic carbocycles. The molecular formula is C23H25N3O4. The first-order chi connectivity index (χ1) is 14.4. The van der Waals surface area contributed by atoms with E-state index in [2.05, 4.69) is 15.2 Å². The Morgan fingerprint density at radius 2 is 1.80 bits per heavy atom. The molecule has 0 atom stereocenters. The minimum Gasteiger partial charge on any atom is -0.482 e. The molecule has 1 amide bonds. The van der Waals surface area contributed by atoms with Gasteiger partial charge >= 0.3 is 5.97 Å². The van der Waals surface area contributed by atoms with Gasteiger partial charge in [0.2, 0.25) is 5.91 Å². The molecule has 1 heterocycles. The van der Waals surface area contributed by atoms with Gasteiger partial charge in [0.25, 0.3) is 0 Å². The van der Waals surface area contributed by atoms with Crippen LogP contribution in [0.25, 0.3) is 5.69 Å². The van der Waals surface area contributed by atoms with E-state index >= 15 is 0 Å². The van der Waals surface area contributed by atoms with E-state index in [4.69, 9.17) is 4.74 Å². The van der Waals surface area contributed by atoms with Crippen LogP contribution in [0.15, 0.2) is 48.5 Å². The van der Waals surface area contributed by atoms with Crippen molar-refractivity contribution in [2.45, 2.75) is 27.2 Å². The maximum Gasteiger partial charge on any atom is 0.343 e. The van der Waals surface area contributed by atoms with Crippen molar-refractivity contribution in [2.24, 2.45) is 0 Å². The van der Waals surface area contributed by atoms with E-state index in [9.17, 15) is 9.59 Å². The van der Waals surface area contributed by atoms with Gasteiger partial charge in [-0.3, -0.25) is 4.79 Å². The number of hydrogen-bond acceptors (Lipinski definition) is 5. The summed E-state index contributed by atoms with van der Waals surface area (Å²) in [5.41, 5.74) is 5.16. The van der Waals surface area contributed by atoms with Gasteiger partial charge in [0.05, 0.1) is 24.9 Å². The lowest BCUT2D eigenvalue weighted by atomic mass is 10.1. The second-order valence-corrected chi connectivity index (χ2v) is 6.96. The Labute approximate surface area is 175 Å². The summed E-state index contributed by atoms with van der Waals surface area (Å²) in [5, 5.41) is 7.54. The minimum absolute atomic E-state index is 0.125. The number of anilines is 1. The molecule has 0 spiro atoms. The summed E-state index contributed by atoms with van der Waals surface area (Å²) in [7, 11) is 1.31. The Morgan fingerprint density at radius 3 is 2.47 bits per heavy atom. The number of aryl methyl sites for hydroxylation is 2. The third-order valence-electron chi connectivity index (χ3n) is 4.84. The molecule has 1 aromatic heterocycles. The van der Waals surface area contributed by atoms with Crippen molar-refractivity contribution < 1.29 is 19.1 Å². The molecule has 7 nitrogen and oxygen atoms in total. The highest BCUT2D eigenvalue weighted by atomic mass is 16.6. The highest BCUT2D eigenvalue weighted by Crippen LogP contribution is 2.23. The van der Waals surface area contributed by atoms with Crippen molar-refractivity contribution in [1.29, 1.82) is 0 Å². The van der Waals surface area contributed by atoms with Crippen LogP contribution in [0.1, 0.15) is 22.5 Å². The monoisotopic (exact) mass is 407 g/mol. The average molecular weight is 407 g/mol. The van der Waals surface area contributed by atoms with Gasteiger partial charge in [-0.1, -0.05) is 18.2 Å². The molecule has 7 heteroatoms. The number of nitrogens with zero attached hydrogens (tertiary/aromatic N) is 2. The Balaban J connectivity index is 1.69. The van der Waals surface area contributed by atoms with Crippen LogP contribution in [0.2, 0.25) is 0 Å². The number of carbonyl (C=O) groups is 2. The van der Waals surface area contributed by atoms with Gasteiger partial charge in [-0.05, 0) is 56.7 Å². The normalized spacial score (nSPS) is 10.5. The van der Waals surface area contributed by atoms with E-state index in [0.717, 1.165) is 28.2 Å². The van der Waals surface area contributed by atoms with Gasteiger partial charge in [-0.15, -0.1) is 0 Å². The molecule has 0 aliphatic carbocycles. The quantitative estimate of drug-likeness (QED) is 0.606. The zero-order chi connectivity index (χ0) is 21.7. The summed E-state index contributed by atoms with van der Waals surface area (Å²) in [6.45, 7) is 5.58. The van der Waals surface area contributed by atoms with Crippen LogP contribution in [0.4, 0.5) is 5.69 Å². The Bertz CT molecular complexity index is 1060. The van der Waals surface area contributed by atoms with Crippen LogP contribution in [-0.4, -0.2) is 35.4 Å². The Morgan fingerprint density at radius 1 is 1.07 bits per heavy atom. The standard InChI is InChI=1S/C23H25N3O4/c1-15-12-19(30-14-23(28)29-4)10-11-21(15)24-22(27)13-20-16(2)25-26(17(20)3)18-8-6-5-7-9-18/h5-12H,13-14H2,1-4H3,(H,24,27). The number of ether oxygens (including phenoxy) is 2. The largest absolute Gasteiger partial charge is 0.482 e. The number of benzene rings is 2. The molecule has 3 aromatic rings. The van der Waals surface area contributed by atoms with Gasteiger partial charge in [-0.25, -0.2) is 9.48 Å². The molecule has 0 aliphatic heterocycles. The molecule has 30 heavy (non-hydrogen) atoms. The number of para-hydroxylation sites is 1. The second kappa shape index (κ2) is 9.26. The SMILES string of the molecule is COC(=O)COc1ccc(NC(=O)Cc2c(C)nn(-c3ccccc3)c2C)c(C)c1. The van der Waals surface area contributed by atoms with Crippen molar-refractivity contribution in [3.8, 4) is 11.4 Å². The van der Waals surface area contributed by atoms with Crippen molar-refractivity contribution in [3.63, 3.8) is 0 Å². The summed E-state index contributed by atoms with van der Waals surface area (Å²) in [5.74, 6) is -0.0429. The van der Waals surface area contributed by atoms with Crippen molar-refractivity contribution in [2.75, 3.05) is 19.0 Å². The molecule has 0 fully saturated rings. The lowest BCUT2D eigenvalue weighted by molar-refractivity contribution is -0.142. The Hall–Kier alpha value is -3.61. The first-order valence-electron chi connectivity index (χ1n) is 9.59. The summed E-state index contributed by atoms with van der Waals surface area (Å²) in [6.07, 6.45) is 0.227. The van der Waals surface area contributed by atoms with Gasteiger partial charge in [0, 0.05) is 16.9 Å². The summed E-state index contributed by atoms with van der Waals surface area (Å²) >= 11 is 0. The average Bonchev–Trinajstić information content (AvgIpc) is 3.02. The number of hydrogen-bond donors (Lipinski definition) is 1. The zero-order valence-electron chi connectivity index (χ0n) is 17.6. The van der Waals surface area contributed by atoms with Crippen LogP contribution in [0, 0.1) is 20.8 Å². The Kier molecular flexibility index (Phi) is 6.51. The van der Waals surface area contributed by atoms with Crippen molar-refractivity contribution in [3.05, 3.63) is 71.0 Å². The number of nitrogens with one attached hydrogen (secondary N) is 1. The van der Waals surface area contributed by atoms with E-state index in [1.165, 1.54) is 7.11 Å². The molecule has 3 rings (SSSR count). The summed E-state index contributed by atoms with van der Waals surface area (Å²) < 4.78 is 11.8. The van der Waals surface area contributed by atoms with Gasteiger partial charge in [0.15, 0.2) is 6.61 Å². The number of carbonyl (C=O) groups excluding carboxylic acids is 2. The molecule has 0 radical (unpaired) electrons. The van der Waals surface area contributed by atoms with Crippen molar-refractivity contribution >= 4 is 17.6 Å². The van der Waals surface area contributed by atoms with Crippen molar-refractivity contribution in [1.82, 2.24) is 9.78 Å². The number of rotatable bonds is 7. The van der Waals surface area contributed by atoms with Gasteiger partial charge in [0.1, 0.15) is 5.75 Å². The number of amides is 1. The van der Waals surface area contributed by atoms with E-state index in [-0.39, 0.29) is 18.9 Å². The van der Waals surface area contributed by atoms with Crippen LogP contribution >= 0.6 is 0 Å². The van der Waals surface area contributed by atoms with E-state index < -0.39 is 5.97 Å². The molecule has 1 N–H and O–H groups in total. The lowest BCUT2D eigenvalue weighted by Gasteiger charge is -2.11. The van der Waals surface area contributed by atoms with Crippen LogP contribution < -0.4 is 10.1 Å². The highest BCUT2D eigenvalue weighted by molar-refractivity contribution is 5.93. The van der Waals surface area contributed by atoms with E-state index in [1.54, 1.807) is 18.2 Å².